The highest BCUT2D eigenvalue weighted by molar-refractivity contribution is 6.32. The van der Waals surface area contributed by atoms with Gasteiger partial charge in [0, 0.05) is 27.2 Å². The Labute approximate surface area is 164 Å². The fourth-order valence-corrected chi connectivity index (χ4v) is 3.29. The lowest BCUT2D eigenvalue weighted by Gasteiger charge is -2.19. The van der Waals surface area contributed by atoms with Gasteiger partial charge in [0.05, 0.1) is 23.9 Å². The Hall–Kier alpha value is -2.89. The van der Waals surface area contributed by atoms with Crippen molar-refractivity contribution in [3.05, 3.63) is 75.5 Å². The van der Waals surface area contributed by atoms with Crippen molar-refractivity contribution in [2.75, 3.05) is 12.4 Å². The molecule has 2 aromatic carbocycles. The Morgan fingerprint density at radius 1 is 1.00 bits per heavy atom. The lowest BCUT2D eigenvalue weighted by molar-refractivity contribution is 0.0980. The summed E-state index contributed by atoms with van der Waals surface area (Å²) >= 11 is 12.0. The van der Waals surface area contributed by atoms with Gasteiger partial charge in [-0.2, -0.15) is 0 Å². The molecule has 0 fully saturated rings. The van der Waals surface area contributed by atoms with E-state index in [0.717, 1.165) is 0 Å². The number of ether oxygens (including phenoxy) is 1. The molecule has 0 aliphatic heterocycles. The highest BCUT2D eigenvalue weighted by atomic mass is 35.5. The van der Waals surface area contributed by atoms with Gasteiger partial charge in [-0.05, 0) is 42.5 Å². The standard InChI is InChI=1S/C20H12Cl2N2O3/c1-27-20-13-8-11(22)4-7-14(13)24-18-16(25)9-15(19(26)17(18)20)23-12-5-2-10(21)3-6-12/h2-9,23H,1H3. The van der Waals surface area contributed by atoms with Crippen LogP contribution in [0.5, 0.6) is 5.75 Å². The third-order valence-electron chi connectivity index (χ3n) is 4.21. The number of nitrogens with one attached hydrogen (secondary N) is 1. The molecular weight excluding hydrogens is 387 g/mol. The maximum Gasteiger partial charge on any atom is 0.215 e. The summed E-state index contributed by atoms with van der Waals surface area (Å²) in [5.41, 5.74) is 1.48. The van der Waals surface area contributed by atoms with Gasteiger partial charge in [-0.1, -0.05) is 23.2 Å². The van der Waals surface area contributed by atoms with Crippen molar-refractivity contribution in [2.24, 2.45) is 0 Å². The molecule has 0 radical (unpaired) electrons. The monoisotopic (exact) mass is 398 g/mol. The van der Waals surface area contributed by atoms with E-state index < -0.39 is 0 Å². The van der Waals surface area contributed by atoms with E-state index in [1.807, 2.05) is 0 Å². The van der Waals surface area contributed by atoms with Crippen molar-refractivity contribution in [1.29, 1.82) is 0 Å². The third kappa shape index (κ3) is 3.05. The Morgan fingerprint density at radius 2 is 1.70 bits per heavy atom. The summed E-state index contributed by atoms with van der Waals surface area (Å²) in [5.74, 6) is -0.485. The number of aromatic nitrogens is 1. The number of hydrogen-bond donors (Lipinski definition) is 1. The largest absolute Gasteiger partial charge is 0.495 e. The van der Waals surface area contributed by atoms with Gasteiger partial charge in [0.15, 0.2) is 0 Å². The Bertz CT molecular complexity index is 1140. The zero-order chi connectivity index (χ0) is 19.1. The number of fused-ring (bicyclic) bond motifs is 2. The van der Waals surface area contributed by atoms with E-state index in [-0.39, 0.29) is 34.3 Å². The highest BCUT2D eigenvalue weighted by Crippen LogP contribution is 2.36. The molecule has 3 aromatic rings. The summed E-state index contributed by atoms with van der Waals surface area (Å²) in [4.78, 5) is 30.1. The van der Waals surface area contributed by atoms with E-state index in [1.54, 1.807) is 42.5 Å². The SMILES string of the molecule is COc1c2c(nc3ccc(Cl)cc13)C(=O)C=C(Nc1ccc(Cl)cc1)C2=O. The van der Waals surface area contributed by atoms with E-state index in [9.17, 15) is 9.59 Å². The number of carbonyl (C=O) groups excluding carboxylic acids is 2. The number of ketones is 2. The molecule has 0 amide bonds. The van der Waals surface area contributed by atoms with Crippen LogP contribution in [0.15, 0.2) is 54.2 Å². The minimum absolute atomic E-state index is 0.0633. The first-order valence-corrected chi connectivity index (χ1v) is 8.74. The number of halogens is 2. The number of Topliss-reactive ketones (excluding diaryl/α,β-unsaturated/α-hetero) is 1. The van der Waals surface area contributed by atoms with Crippen molar-refractivity contribution >= 4 is 51.4 Å². The van der Waals surface area contributed by atoms with E-state index in [1.165, 1.54) is 13.2 Å². The molecule has 27 heavy (non-hydrogen) atoms. The van der Waals surface area contributed by atoms with Gasteiger partial charge in [0.25, 0.3) is 0 Å². The number of anilines is 1. The summed E-state index contributed by atoms with van der Waals surface area (Å²) in [6, 6.07) is 11.8. The molecule has 0 saturated carbocycles. The van der Waals surface area contributed by atoms with Crippen LogP contribution in [0, 0.1) is 0 Å². The minimum Gasteiger partial charge on any atom is -0.495 e. The van der Waals surface area contributed by atoms with Crippen LogP contribution in [-0.4, -0.2) is 23.7 Å². The minimum atomic E-state index is -0.384. The van der Waals surface area contributed by atoms with Crippen molar-refractivity contribution in [3.8, 4) is 5.75 Å². The molecule has 1 N–H and O–H groups in total. The van der Waals surface area contributed by atoms with Crippen LogP contribution in [-0.2, 0) is 0 Å². The van der Waals surface area contributed by atoms with E-state index in [0.29, 0.717) is 26.6 Å². The van der Waals surface area contributed by atoms with Crippen LogP contribution >= 0.6 is 23.2 Å². The van der Waals surface area contributed by atoms with Crippen LogP contribution in [0.1, 0.15) is 20.8 Å². The topological polar surface area (TPSA) is 68.3 Å². The van der Waals surface area contributed by atoms with Crippen LogP contribution < -0.4 is 10.1 Å². The van der Waals surface area contributed by atoms with Gasteiger partial charge in [-0.15, -0.1) is 0 Å². The summed E-state index contributed by atoms with van der Waals surface area (Å²) < 4.78 is 5.47. The Morgan fingerprint density at radius 3 is 2.41 bits per heavy atom. The number of pyridine rings is 1. The Kier molecular flexibility index (Phi) is 4.34. The van der Waals surface area contributed by atoms with Crippen LogP contribution in [0.3, 0.4) is 0 Å². The first-order valence-electron chi connectivity index (χ1n) is 7.98. The average Bonchev–Trinajstić information content (AvgIpc) is 2.66. The van der Waals surface area contributed by atoms with E-state index >= 15 is 0 Å². The molecule has 0 bridgehead atoms. The lowest BCUT2D eigenvalue weighted by atomic mass is 9.94. The van der Waals surface area contributed by atoms with Crippen molar-refractivity contribution in [1.82, 2.24) is 4.98 Å². The first kappa shape index (κ1) is 17.5. The van der Waals surface area contributed by atoms with Gasteiger partial charge in [-0.25, -0.2) is 4.98 Å². The number of benzene rings is 2. The van der Waals surface area contributed by atoms with E-state index in [2.05, 4.69) is 10.3 Å². The van der Waals surface area contributed by atoms with Gasteiger partial charge in [0.1, 0.15) is 11.4 Å². The predicted molar refractivity (Wildman–Crippen MR) is 105 cm³/mol. The average molecular weight is 399 g/mol. The van der Waals surface area contributed by atoms with Crippen molar-refractivity contribution in [3.63, 3.8) is 0 Å². The molecule has 134 valence electrons. The maximum absolute atomic E-state index is 13.1. The highest BCUT2D eigenvalue weighted by Gasteiger charge is 2.32. The molecule has 5 nitrogen and oxygen atoms in total. The second-order valence-corrected chi connectivity index (χ2v) is 6.79. The second-order valence-electron chi connectivity index (χ2n) is 5.91. The van der Waals surface area contributed by atoms with Gasteiger partial charge >= 0.3 is 0 Å². The quantitative estimate of drug-likeness (QED) is 0.677. The second kappa shape index (κ2) is 6.68. The first-order chi connectivity index (χ1) is 13.0. The maximum atomic E-state index is 13.1. The molecule has 1 aliphatic rings. The zero-order valence-electron chi connectivity index (χ0n) is 14.0. The van der Waals surface area contributed by atoms with Gasteiger partial charge in [0.2, 0.25) is 11.6 Å². The number of carbonyl (C=O) groups is 2. The molecule has 1 aromatic heterocycles. The summed E-state index contributed by atoms with van der Waals surface area (Å²) in [6.07, 6.45) is 1.24. The van der Waals surface area contributed by atoms with Crippen molar-refractivity contribution < 1.29 is 14.3 Å². The zero-order valence-corrected chi connectivity index (χ0v) is 15.6. The van der Waals surface area contributed by atoms with Gasteiger partial charge in [-0.3, -0.25) is 9.59 Å². The summed E-state index contributed by atoms with van der Waals surface area (Å²) in [7, 11) is 1.44. The lowest BCUT2D eigenvalue weighted by Crippen LogP contribution is -2.23. The number of nitrogens with zero attached hydrogens (tertiary/aromatic N) is 1. The number of allylic oxidation sites excluding steroid dienone is 2. The summed E-state index contributed by atoms with van der Waals surface area (Å²) in [6.45, 7) is 0. The number of rotatable bonds is 3. The van der Waals surface area contributed by atoms with Gasteiger partial charge < -0.3 is 10.1 Å². The fourth-order valence-electron chi connectivity index (χ4n) is 2.99. The molecule has 1 aliphatic carbocycles. The molecule has 0 atom stereocenters. The fraction of sp³-hybridized carbons (Fsp3) is 0.0500. The molecule has 0 spiro atoms. The Balaban J connectivity index is 1.85. The number of methoxy groups -OCH3 is 1. The van der Waals surface area contributed by atoms with Crippen LogP contribution in [0.25, 0.3) is 10.9 Å². The van der Waals surface area contributed by atoms with Crippen LogP contribution in [0.4, 0.5) is 5.69 Å². The normalized spacial score (nSPS) is 13.4. The molecule has 0 saturated heterocycles. The summed E-state index contributed by atoms with van der Waals surface area (Å²) in [5, 5.41) is 4.58. The molecule has 1 heterocycles. The predicted octanol–water partition coefficient (Wildman–Crippen LogP) is 4.93. The molecule has 7 heteroatoms. The molecular formula is C20H12Cl2N2O3. The molecule has 0 unspecified atom stereocenters. The van der Waals surface area contributed by atoms with E-state index in [4.69, 9.17) is 27.9 Å². The smallest absolute Gasteiger partial charge is 0.215 e. The number of hydrogen-bond acceptors (Lipinski definition) is 5. The third-order valence-corrected chi connectivity index (χ3v) is 4.69. The van der Waals surface area contributed by atoms with Crippen LogP contribution in [0.2, 0.25) is 10.0 Å². The van der Waals surface area contributed by atoms with Crippen molar-refractivity contribution in [2.45, 2.75) is 0 Å². The molecule has 4 rings (SSSR count).